The number of thioether (sulfide) groups is 1. The Morgan fingerprint density at radius 2 is 1.74 bits per heavy atom. The van der Waals surface area contributed by atoms with Gasteiger partial charge < -0.3 is 19.9 Å². The summed E-state index contributed by atoms with van der Waals surface area (Å²) in [6.07, 6.45) is 27.1. The van der Waals surface area contributed by atoms with Crippen molar-refractivity contribution < 1.29 is 19.4 Å². The number of esters is 1. The minimum Gasteiger partial charge on any atom is -0.475 e. The molecule has 10 atom stereocenters. The van der Waals surface area contributed by atoms with E-state index < -0.39 is 11.0 Å². The first-order valence-electron chi connectivity index (χ1n) is 24.7. The van der Waals surface area contributed by atoms with Gasteiger partial charge >= 0.3 is 5.97 Å². The zero-order valence-electron chi connectivity index (χ0n) is 39.7. The molecule has 0 aliphatic heterocycles. The zero-order chi connectivity index (χ0) is 44.3. The number of aromatic nitrogens is 1. The van der Waals surface area contributed by atoms with Gasteiger partial charge in [-0.05, 0) is 210 Å². The molecule has 62 heavy (non-hydrogen) atoms. The highest BCUT2D eigenvalue weighted by molar-refractivity contribution is 7.99. The Morgan fingerprint density at radius 3 is 2.42 bits per heavy atom. The lowest BCUT2D eigenvalue weighted by Crippen LogP contribution is -2.68. The molecule has 2 N–H and O–H groups in total. The number of ether oxygens (including phenoxy) is 2. The van der Waals surface area contributed by atoms with Crippen molar-refractivity contribution >= 4 is 17.7 Å². The highest BCUT2D eigenvalue weighted by Gasteiger charge is 2.70. The predicted octanol–water partition coefficient (Wildman–Crippen LogP) is 12.0. The van der Waals surface area contributed by atoms with E-state index >= 15 is 0 Å². The fraction of sp³-hybridized carbons (Fsp3) is 0.759. The second-order valence-electron chi connectivity index (χ2n) is 22.9. The van der Waals surface area contributed by atoms with Crippen LogP contribution in [0.5, 0.6) is 5.88 Å². The van der Waals surface area contributed by atoms with Crippen LogP contribution in [0.1, 0.15) is 163 Å². The summed E-state index contributed by atoms with van der Waals surface area (Å²) in [5.74, 6) is 3.16. The quantitative estimate of drug-likeness (QED) is 0.158. The summed E-state index contributed by atoms with van der Waals surface area (Å²) >= 11 is 1.98. The molecule has 5 fully saturated rings. The second kappa shape index (κ2) is 17.0. The van der Waals surface area contributed by atoms with E-state index in [1.807, 2.05) is 18.7 Å². The van der Waals surface area contributed by atoms with Gasteiger partial charge in [-0.15, -0.1) is 0 Å². The van der Waals surface area contributed by atoms with Gasteiger partial charge in [-0.2, -0.15) is 17.0 Å². The number of nitriles is 1. The number of carbonyl (C=O) groups is 1. The molecule has 1 heterocycles. The summed E-state index contributed by atoms with van der Waals surface area (Å²) in [5.41, 5.74) is 4.22. The molecule has 0 amide bonds. The second-order valence-corrected chi connectivity index (χ2v) is 24.1. The van der Waals surface area contributed by atoms with Crippen LogP contribution >= 0.6 is 11.8 Å². The number of pyridine rings is 1. The van der Waals surface area contributed by atoms with E-state index in [0.29, 0.717) is 59.9 Å². The first-order chi connectivity index (χ1) is 29.4. The molecule has 0 saturated heterocycles. The van der Waals surface area contributed by atoms with Crippen LogP contribution in [0.4, 0.5) is 0 Å². The standard InChI is InChI=1S/C54H79N3O4S/c1-10-60-47(58)52(35-61-46-38(34-55)12-11-32-56-46)24-15-37(16-25-52)41-20-22-49(6)43(48(41,4)5)21-23-51(8)44(49)14-13-42-45-40(36(2)3)19-28-54(45,30-29-50(42,51)7)57-33-31-53(59)26-17-39(62-9)18-27-53/h11-12,15,20,32,39-40,42-45,57,59H,2,10,13-14,16-19,21-31,33,35H2,1,3-9H3/t39?,40-,42+,43-,44+,45+,49-,50+,51+,52+,53?,54-/m0/s1. The molecule has 7 aliphatic carbocycles. The van der Waals surface area contributed by atoms with Gasteiger partial charge in [-0.3, -0.25) is 4.79 Å². The molecule has 340 valence electrons. The average Bonchev–Trinajstić information content (AvgIpc) is 3.64. The molecule has 7 aliphatic rings. The Hall–Kier alpha value is -2.60. The molecule has 8 heteroatoms. The van der Waals surface area contributed by atoms with Crippen molar-refractivity contribution in [2.45, 2.75) is 174 Å². The number of rotatable bonds is 12. The minimum atomic E-state index is -0.817. The molecular weight excluding hydrogens is 787 g/mol. The van der Waals surface area contributed by atoms with Gasteiger partial charge in [0, 0.05) is 17.0 Å². The summed E-state index contributed by atoms with van der Waals surface area (Å²) < 4.78 is 11.8. The third kappa shape index (κ3) is 7.46. The normalized spacial score (nSPS) is 42.1. The molecular formula is C54H79N3O4S. The number of carbonyl (C=O) groups excluding carboxylic acids is 1. The van der Waals surface area contributed by atoms with Crippen LogP contribution in [0.15, 0.2) is 53.8 Å². The lowest BCUT2D eigenvalue weighted by Gasteiger charge is -2.72. The molecule has 0 aromatic carbocycles. The Morgan fingerprint density at radius 1 is 0.968 bits per heavy atom. The van der Waals surface area contributed by atoms with Crippen molar-refractivity contribution in [3.63, 3.8) is 0 Å². The van der Waals surface area contributed by atoms with Gasteiger partial charge in [-0.1, -0.05) is 58.9 Å². The van der Waals surface area contributed by atoms with Crippen LogP contribution in [-0.4, -0.2) is 58.5 Å². The van der Waals surface area contributed by atoms with Crippen LogP contribution in [0.3, 0.4) is 0 Å². The summed E-state index contributed by atoms with van der Waals surface area (Å²) in [7, 11) is 0. The van der Waals surface area contributed by atoms with E-state index in [4.69, 9.17) is 9.47 Å². The van der Waals surface area contributed by atoms with Crippen molar-refractivity contribution in [1.82, 2.24) is 10.3 Å². The van der Waals surface area contributed by atoms with Crippen LogP contribution in [0.2, 0.25) is 0 Å². The molecule has 5 saturated carbocycles. The summed E-state index contributed by atoms with van der Waals surface area (Å²) in [6, 6.07) is 5.59. The van der Waals surface area contributed by atoms with Crippen molar-refractivity contribution in [2.75, 3.05) is 26.0 Å². The Balaban J connectivity index is 1.01. The van der Waals surface area contributed by atoms with E-state index in [-0.39, 0.29) is 45.7 Å². The molecule has 0 spiro atoms. The van der Waals surface area contributed by atoms with Crippen LogP contribution in [-0.2, 0) is 9.53 Å². The topological polar surface area (TPSA) is 104 Å². The molecule has 7 nitrogen and oxygen atoms in total. The van der Waals surface area contributed by atoms with E-state index in [2.05, 4.69) is 82.9 Å². The number of fused-ring (bicyclic) bond motifs is 7. The SMILES string of the molecule is C=C(C)[C@@H]1CC[C@]2(NCCC3(O)CCC(SC)CC3)CC[C@]3(C)[C@H](CC[C@@H]4[C@@]5(C)CC=C(C6=CC[C@@](COc7ncccc7C#N)(C(=O)OCC)CC6)C(C)(C)[C@@H]5CC[C@]43C)[C@@H]12. The van der Waals surface area contributed by atoms with Crippen LogP contribution < -0.4 is 10.1 Å². The van der Waals surface area contributed by atoms with E-state index in [0.717, 1.165) is 51.5 Å². The van der Waals surface area contributed by atoms with Crippen molar-refractivity contribution in [3.05, 3.63) is 59.3 Å². The summed E-state index contributed by atoms with van der Waals surface area (Å²) in [4.78, 5) is 17.9. The fourth-order valence-electron chi connectivity index (χ4n) is 16.4. The number of nitrogens with zero attached hydrogens (tertiary/aromatic N) is 2. The average molecular weight is 866 g/mol. The third-order valence-corrected chi connectivity index (χ3v) is 21.1. The summed E-state index contributed by atoms with van der Waals surface area (Å²) in [5, 5.41) is 26.3. The molecule has 1 aromatic rings. The van der Waals surface area contributed by atoms with E-state index in [1.165, 1.54) is 68.1 Å². The largest absolute Gasteiger partial charge is 0.475 e. The number of aliphatic hydroxyl groups is 1. The van der Waals surface area contributed by atoms with Gasteiger partial charge in [0.25, 0.3) is 0 Å². The molecule has 8 rings (SSSR count). The minimum absolute atomic E-state index is 0.00876. The lowest BCUT2D eigenvalue weighted by molar-refractivity contribution is -0.221. The Kier molecular flexibility index (Phi) is 12.6. The van der Waals surface area contributed by atoms with E-state index in [1.54, 1.807) is 18.3 Å². The van der Waals surface area contributed by atoms with Gasteiger partial charge in [0.15, 0.2) is 0 Å². The molecule has 0 unspecified atom stereocenters. The van der Waals surface area contributed by atoms with Gasteiger partial charge in [0.2, 0.25) is 5.88 Å². The third-order valence-electron chi connectivity index (χ3n) is 20.0. The van der Waals surface area contributed by atoms with Gasteiger partial charge in [0.1, 0.15) is 23.7 Å². The fourth-order valence-corrected chi connectivity index (χ4v) is 17.1. The number of hydrogen-bond acceptors (Lipinski definition) is 8. The highest BCUT2D eigenvalue weighted by atomic mass is 32.2. The van der Waals surface area contributed by atoms with E-state index in [9.17, 15) is 15.2 Å². The smallest absolute Gasteiger partial charge is 0.315 e. The van der Waals surface area contributed by atoms with Crippen LogP contribution in [0, 0.1) is 68.0 Å². The van der Waals surface area contributed by atoms with Gasteiger partial charge in [-0.25, -0.2) is 4.98 Å². The number of allylic oxidation sites excluding steroid dienone is 5. The van der Waals surface area contributed by atoms with Crippen molar-refractivity contribution in [3.8, 4) is 11.9 Å². The molecule has 0 radical (unpaired) electrons. The maximum atomic E-state index is 13.6. The van der Waals surface area contributed by atoms with Crippen molar-refractivity contribution in [1.29, 1.82) is 5.26 Å². The predicted molar refractivity (Wildman–Crippen MR) is 252 cm³/mol. The van der Waals surface area contributed by atoms with Crippen molar-refractivity contribution in [2.24, 2.45) is 56.7 Å². The molecule has 1 aromatic heterocycles. The van der Waals surface area contributed by atoms with Gasteiger partial charge in [0.05, 0.1) is 12.2 Å². The lowest BCUT2D eigenvalue weighted by atomic mass is 9.33. The first-order valence-corrected chi connectivity index (χ1v) is 25.9. The Bertz CT molecular complexity index is 1980. The maximum Gasteiger partial charge on any atom is 0.315 e. The maximum absolute atomic E-state index is 13.6. The summed E-state index contributed by atoms with van der Waals surface area (Å²) in [6.45, 7) is 23.4. The number of nitrogens with one attached hydrogen (secondary N) is 1. The highest BCUT2D eigenvalue weighted by Crippen LogP contribution is 2.76. The number of hydrogen-bond donors (Lipinski definition) is 2. The molecule has 0 bridgehead atoms. The first kappa shape index (κ1) is 45.9. The monoisotopic (exact) mass is 866 g/mol. The zero-order valence-corrected chi connectivity index (χ0v) is 40.5. The van der Waals surface area contributed by atoms with Crippen LogP contribution in [0.25, 0.3) is 0 Å². The Labute approximate surface area is 379 Å².